The summed E-state index contributed by atoms with van der Waals surface area (Å²) in [6, 6.07) is 76.2. The predicted octanol–water partition coefficient (Wildman–Crippen LogP) is 16.4. The smallest absolute Gasteiger partial charge is 0.0349 e. The Bertz CT molecular complexity index is 3020. The molecule has 56 heavy (non-hydrogen) atoms. The molecule has 0 radical (unpaired) electrons. The van der Waals surface area contributed by atoms with E-state index in [1.54, 1.807) is 0 Å². The molecule has 0 amide bonds. The quantitative estimate of drug-likeness (QED) is 0.149. The zero-order chi connectivity index (χ0) is 37.0. The average molecular weight is 747 g/mol. The molecular formula is C54H34S2. The summed E-state index contributed by atoms with van der Waals surface area (Å²) in [5.41, 5.74) is 9.98. The molecule has 0 spiro atoms. The van der Waals surface area contributed by atoms with Crippen molar-refractivity contribution >= 4 is 65.8 Å². The van der Waals surface area contributed by atoms with Gasteiger partial charge in [-0.1, -0.05) is 158 Å². The third kappa shape index (κ3) is 5.74. The van der Waals surface area contributed by atoms with Crippen LogP contribution in [0.4, 0.5) is 0 Å². The number of fused-ring (bicyclic) bond motifs is 4. The summed E-state index contributed by atoms with van der Waals surface area (Å²) in [6.45, 7) is 0. The summed E-state index contributed by atoms with van der Waals surface area (Å²) in [6.07, 6.45) is 0. The van der Waals surface area contributed by atoms with Crippen molar-refractivity contribution in [3.05, 3.63) is 206 Å². The van der Waals surface area contributed by atoms with Crippen molar-refractivity contribution in [2.24, 2.45) is 0 Å². The van der Waals surface area contributed by atoms with Gasteiger partial charge in [-0.2, -0.15) is 0 Å². The third-order valence-electron chi connectivity index (χ3n) is 11.1. The molecule has 262 valence electrons. The van der Waals surface area contributed by atoms with E-state index in [0.717, 1.165) is 0 Å². The number of benzene rings is 9. The Morgan fingerprint density at radius 1 is 0.214 bits per heavy atom. The molecule has 0 aliphatic rings. The standard InChI is InChI=1S/C54H34S2/c1-3-13-37(14-4-1)49-27-29-51(55-49)41-23-25-45-47(33-41)53(43-21-19-35-11-7-9-17-39(35)31-43)46-26-24-42(52-30-28-50(56-52)38-15-5-2-6-16-38)34-48(46)54(45)44-22-20-36-12-8-10-18-40(36)32-44/h1-34H. The fraction of sp³-hybridized carbons (Fsp3) is 0. The molecule has 0 aliphatic carbocycles. The Balaban J connectivity index is 1.20. The van der Waals surface area contributed by atoms with Gasteiger partial charge in [0.05, 0.1) is 0 Å². The van der Waals surface area contributed by atoms with Crippen LogP contribution in [-0.2, 0) is 0 Å². The van der Waals surface area contributed by atoms with E-state index in [1.807, 2.05) is 22.7 Å². The number of rotatable bonds is 6. The Hall–Kier alpha value is -6.58. The molecule has 9 aromatic carbocycles. The first kappa shape index (κ1) is 32.8. The lowest BCUT2D eigenvalue weighted by atomic mass is 9.84. The van der Waals surface area contributed by atoms with Crippen LogP contribution in [0.25, 0.3) is 107 Å². The maximum Gasteiger partial charge on any atom is 0.0349 e. The van der Waals surface area contributed by atoms with Crippen molar-refractivity contribution in [2.45, 2.75) is 0 Å². The lowest BCUT2D eigenvalue weighted by molar-refractivity contribution is 1.67. The molecule has 11 aromatic rings. The molecule has 0 aliphatic heterocycles. The van der Waals surface area contributed by atoms with Gasteiger partial charge in [-0.3, -0.25) is 0 Å². The SMILES string of the molecule is c1ccc(-c2ccc(-c3ccc4c(-c5ccc6ccccc6c5)c5cc(-c6ccc(-c7ccccc7)s6)ccc5c(-c5ccc6ccccc6c5)c4c3)s2)cc1. The molecule has 0 fully saturated rings. The van der Waals surface area contributed by atoms with E-state index in [-0.39, 0.29) is 0 Å². The number of thiophene rings is 2. The zero-order valence-electron chi connectivity index (χ0n) is 30.4. The second kappa shape index (κ2) is 13.6. The normalized spacial score (nSPS) is 11.6. The van der Waals surface area contributed by atoms with E-state index in [2.05, 4.69) is 206 Å². The monoisotopic (exact) mass is 746 g/mol. The highest BCUT2D eigenvalue weighted by atomic mass is 32.1. The van der Waals surface area contributed by atoms with Crippen molar-refractivity contribution < 1.29 is 0 Å². The van der Waals surface area contributed by atoms with Crippen LogP contribution < -0.4 is 0 Å². The van der Waals surface area contributed by atoms with Crippen molar-refractivity contribution in [1.29, 1.82) is 0 Å². The minimum absolute atomic E-state index is 1.23. The molecule has 0 saturated carbocycles. The van der Waals surface area contributed by atoms with Crippen LogP contribution in [0, 0.1) is 0 Å². The molecule has 0 saturated heterocycles. The predicted molar refractivity (Wildman–Crippen MR) is 245 cm³/mol. The maximum absolute atomic E-state index is 2.45. The summed E-state index contributed by atoms with van der Waals surface area (Å²) in [5.74, 6) is 0. The summed E-state index contributed by atoms with van der Waals surface area (Å²) in [5, 5.41) is 10.0. The van der Waals surface area contributed by atoms with Crippen LogP contribution in [0.15, 0.2) is 206 Å². The highest BCUT2D eigenvalue weighted by molar-refractivity contribution is 7.19. The first-order valence-corrected chi connectivity index (χ1v) is 20.7. The lowest BCUT2D eigenvalue weighted by Gasteiger charge is -2.20. The van der Waals surface area contributed by atoms with Crippen molar-refractivity contribution in [3.8, 4) is 64.0 Å². The molecule has 2 aromatic heterocycles. The van der Waals surface area contributed by atoms with Gasteiger partial charge in [-0.15, -0.1) is 22.7 Å². The molecule has 11 rings (SSSR count). The van der Waals surface area contributed by atoms with Crippen molar-refractivity contribution in [2.75, 3.05) is 0 Å². The van der Waals surface area contributed by atoms with Crippen LogP contribution in [0.1, 0.15) is 0 Å². The molecule has 2 heterocycles. The topological polar surface area (TPSA) is 0 Å². The molecule has 0 atom stereocenters. The van der Waals surface area contributed by atoms with E-state index in [9.17, 15) is 0 Å². The summed E-state index contributed by atoms with van der Waals surface area (Å²) >= 11 is 3.72. The second-order valence-electron chi connectivity index (χ2n) is 14.5. The third-order valence-corrected chi connectivity index (χ3v) is 13.5. The van der Waals surface area contributed by atoms with E-state index in [4.69, 9.17) is 0 Å². The number of hydrogen-bond donors (Lipinski definition) is 0. The largest absolute Gasteiger partial charge is 0.135 e. The maximum atomic E-state index is 2.45. The van der Waals surface area contributed by atoms with Crippen LogP contribution in [0.3, 0.4) is 0 Å². The van der Waals surface area contributed by atoms with Gasteiger partial charge in [0.2, 0.25) is 0 Å². The van der Waals surface area contributed by atoms with E-state index < -0.39 is 0 Å². The molecule has 0 bridgehead atoms. The zero-order valence-corrected chi connectivity index (χ0v) is 32.1. The first-order valence-electron chi connectivity index (χ1n) is 19.1. The van der Waals surface area contributed by atoms with Gasteiger partial charge in [0.1, 0.15) is 0 Å². The highest BCUT2D eigenvalue weighted by Gasteiger charge is 2.20. The minimum atomic E-state index is 1.23. The van der Waals surface area contributed by atoms with Gasteiger partial charge in [0, 0.05) is 19.5 Å². The summed E-state index contributed by atoms with van der Waals surface area (Å²) in [7, 11) is 0. The molecule has 0 unspecified atom stereocenters. The van der Waals surface area contributed by atoms with E-state index in [1.165, 1.54) is 107 Å². The first-order chi connectivity index (χ1) is 27.7. The Kier molecular flexibility index (Phi) is 7.98. The summed E-state index contributed by atoms with van der Waals surface area (Å²) in [4.78, 5) is 5.10. The van der Waals surface area contributed by atoms with E-state index in [0.29, 0.717) is 0 Å². The fourth-order valence-electron chi connectivity index (χ4n) is 8.35. The lowest BCUT2D eigenvalue weighted by Crippen LogP contribution is -1.92. The van der Waals surface area contributed by atoms with Gasteiger partial charge in [0.25, 0.3) is 0 Å². The Morgan fingerprint density at radius 3 is 1.00 bits per heavy atom. The van der Waals surface area contributed by atoms with Gasteiger partial charge in [-0.05, 0) is 136 Å². The van der Waals surface area contributed by atoms with E-state index >= 15 is 0 Å². The second-order valence-corrected chi connectivity index (χ2v) is 16.6. The summed E-state index contributed by atoms with van der Waals surface area (Å²) < 4.78 is 0. The highest BCUT2D eigenvalue weighted by Crippen LogP contribution is 2.48. The Labute approximate surface area is 334 Å². The van der Waals surface area contributed by atoms with Crippen LogP contribution in [-0.4, -0.2) is 0 Å². The van der Waals surface area contributed by atoms with Crippen molar-refractivity contribution in [3.63, 3.8) is 0 Å². The van der Waals surface area contributed by atoms with Crippen LogP contribution >= 0.6 is 22.7 Å². The van der Waals surface area contributed by atoms with Gasteiger partial charge in [-0.25, -0.2) is 0 Å². The fourth-order valence-corrected chi connectivity index (χ4v) is 10.4. The van der Waals surface area contributed by atoms with Gasteiger partial charge in [0.15, 0.2) is 0 Å². The minimum Gasteiger partial charge on any atom is -0.135 e. The molecule has 0 N–H and O–H groups in total. The van der Waals surface area contributed by atoms with Crippen LogP contribution in [0.2, 0.25) is 0 Å². The Morgan fingerprint density at radius 2 is 0.571 bits per heavy atom. The number of hydrogen-bond acceptors (Lipinski definition) is 2. The van der Waals surface area contributed by atoms with Gasteiger partial charge >= 0.3 is 0 Å². The van der Waals surface area contributed by atoms with Crippen molar-refractivity contribution in [1.82, 2.24) is 0 Å². The molecule has 0 nitrogen and oxygen atoms in total. The molecule has 2 heteroatoms. The average Bonchev–Trinajstić information content (AvgIpc) is 3.97. The van der Waals surface area contributed by atoms with Gasteiger partial charge < -0.3 is 0 Å². The van der Waals surface area contributed by atoms with Crippen LogP contribution in [0.5, 0.6) is 0 Å². The molecular weight excluding hydrogens is 713 g/mol.